The van der Waals surface area contributed by atoms with Gasteiger partial charge in [0.2, 0.25) is 15.9 Å². The molecule has 9 heteroatoms. The molecule has 1 fully saturated rings. The van der Waals surface area contributed by atoms with Crippen LogP contribution < -0.4 is 5.32 Å². The van der Waals surface area contributed by atoms with Crippen molar-refractivity contribution in [2.75, 3.05) is 32.5 Å². The van der Waals surface area contributed by atoms with Gasteiger partial charge in [-0.2, -0.15) is 4.31 Å². The minimum Gasteiger partial charge on any atom is -0.374 e. The van der Waals surface area contributed by atoms with Crippen molar-refractivity contribution in [1.29, 1.82) is 0 Å². The molecule has 2 heterocycles. The quantitative estimate of drug-likeness (QED) is 0.804. The highest BCUT2D eigenvalue weighted by Gasteiger charge is 2.26. The van der Waals surface area contributed by atoms with Crippen molar-refractivity contribution in [3.05, 3.63) is 16.1 Å². The number of ether oxygens (including phenoxy) is 1. The van der Waals surface area contributed by atoms with Crippen LogP contribution in [0.25, 0.3) is 0 Å². The number of nitrogens with one attached hydrogen (secondary N) is 1. The molecule has 1 amide bonds. The van der Waals surface area contributed by atoms with Gasteiger partial charge >= 0.3 is 0 Å². The summed E-state index contributed by atoms with van der Waals surface area (Å²) in [6.45, 7) is 3.17. The monoisotopic (exact) mass is 333 g/mol. The van der Waals surface area contributed by atoms with Gasteiger partial charge in [-0.3, -0.25) is 4.79 Å². The maximum absolute atomic E-state index is 11.8. The summed E-state index contributed by atoms with van der Waals surface area (Å²) in [6.07, 6.45) is 1.10. The molecule has 1 aliphatic rings. The maximum atomic E-state index is 11.8. The summed E-state index contributed by atoms with van der Waals surface area (Å²) in [5.41, 5.74) is 0.748. The number of amides is 1. The van der Waals surface area contributed by atoms with Crippen LogP contribution in [0.1, 0.15) is 10.7 Å². The van der Waals surface area contributed by atoms with Gasteiger partial charge < -0.3 is 10.1 Å². The normalized spacial score (nSPS) is 20.4. The first-order chi connectivity index (χ1) is 9.84. The van der Waals surface area contributed by atoms with Crippen LogP contribution >= 0.6 is 11.3 Å². The molecule has 0 saturated carbocycles. The Morgan fingerprint density at radius 2 is 2.38 bits per heavy atom. The summed E-state index contributed by atoms with van der Waals surface area (Å²) in [7, 11) is -3.21. The number of nitrogens with zero attached hydrogens (tertiary/aromatic N) is 2. The molecule has 2 rings (SSSR count). The lowest BCUT2D eigenvalue weighted by Crippen LogP contribution is -2.49. The Morgan fingerprint density at radius 3 is 3.00 bits per heavy atom. The van der Waals surface area contributed by atoms with E-state index >= 15 is 0 Å². The Balaban J connectivity index is 1.78. The highest BCUT2D eigenvalue weighted by atomic mass is 32.2. The van der Waals surface area contributed by atoms with Gasteiger partial charge in [0.05, 0.1) is 36.1 Å². The molecule has 1 N–H and O–H groups in total. The Kier molecular flexibility index (Phi) is 5.31. The molecule has 0 aliphatic carbocycles. The minimum atomic E-state index is -3.21. The predicted octanol–water partition coefficient (Wildman–Crippen LogP) is -0.229. The van der Waals surface area contributed by atoms with E-state index in [1.807, 2.05) is 12.3 Å². The van der Waals surface area contributed by atoms with E-state index in [1.165, 1.54) is 21.9 Å². The van der Waals surface area contributed by atoms with E-state index in [1.54, 1.807) is 0 Å². The van der Waals surface area contributed by atoms with Crippen molar-refractivity contribution < 1.29 is 17.9 Å². The van der Waals surface area contributed by atoms with E-state index in [-0.39, 0.29) is 25.0 Å². The van der Waals surface area contributed by atoms with E-state index in [0.29, 0.717) is 19.7 Å². The van der Waals surface area contributed by atoms with Gasteiger partial charge in [-0.05, 0) is 6.92 Å². The molecule has 1 atom stereocenters. The molecule has 0 radical (unpaired) electrons. The zero-order valence-electron chi connectivity index (χ0n) is 12.0. The van der Waals surface area contributed by atoms with Crippen LogP contribution in [0.15, 0.2) is 5.38 Å². The lowest BCUT2D eigenvalue weighted by molar-refractivity contribution is -0.121. The van der Waals surface area contributed by atoms with Crippen LogP contribution in [0, 0.1) is 6.92 Å². The number of thiazole rings is 1. The third kappa shape index (κ3) is 5.03. The van der Waals surface area contributed by atoms with Gasteiger partial charge in [-0.15, -0.1) is 11.3 Å². The molecule has 118 valence electrons. The molecule has 0 bridgehead atoms. The molecule has 0 aromatic carbocycles. The van der Waals surface area contributed by atoms with Crippen LogP contribution in [0.5, 0.6) is 0 Å². The minimum absolute atomic E-state index is 0.139. The summed E-state index contributed by atoms with van der Waals surface area (Å²) in [4.78, 5) is 16.0. The zero-order valence-corrected chi connectivity index (χ0v) is 13.7. The predicted molar refractivity (Wildman–Crippen MR) is 79.7 cm³/mol. The van der Waals surface area contributed by atoms with E-state index < -0.39 is 10.0 Å². The fraction of sp³-hybridized carbons (Fsp3) is 0.667. The summed E-state index contributed by atoms with van der Waals surface area (Å²) in [5.74, 6) is -0.139. The van der Waals surface area contributed by atoms with E-state index in [2.05, 4.69) is 10.3 Å². The van der Waals surface area contributed by atoms with E-state index in [0.717, 1.165) is 10.7 Å². The number of carbonyl (C=O) groups is 1. The second-order valence-corrected chi connectivity index (χ2v) is 8.00. The number of carbonyl (C=O) groups excluding carboxylic acids is 1. The molecule has 1 aliphatic heterocycles. The summed E-state index contributed by atoms with van der Waals surface area (Å²) in [5, 5.41) is 5.55. The Labute approximate surface area is 128 Å². The highest BCUT2D eigenvalue weighted by molar-refractivity contribution is 7.88. The van der Waals surface area contributed by atoms with Crippen molar-refractivity contribution >= 4 is 27.3 Å². The SMILES string of the molecule is Cc1nc(CC(=O)NC[C@H]2CN(S(C)(=O)=O)CCO2)cs1. The topological polar surface area (TPSA) is 88.6 Å². The standard InChI is InChI=1S/C12H19N3O4S2/c1-9-14-10(8-20-9)5-12(16)13-6-11-7-15(3-4-19-11)21(2,17)18/h8,11H,3-7H2,1-2H3,(H,13,16)/t11-/m0/s1. The Morgan fingerprint density at radius 1 is 1.62 bits per heavy atom. The van der Waals surface area contributed by atoms with Gasteiger partial charge in [0.25, 0.3) is 0 Å². The fourth-order valence-corrected chi connectivity index (χ4v) is 3.52. The van der Waals surface area contributed by atoms with Crippen molar-refractivity contribution in [1.82, 2.24) is 14.6 Å². The van der Waals surface area contributed by atoms with E-state index in [4.69, 9.17) is 4.74 Å². The fourth-order valence-electron chi connectivity index (χ4n) is 2.06. The van der Waals surface area contributed by atoms with Gasteiger partial charge in [-0.25, -0.2) is 13.4 Å². The van der Waals surface area contributed by atoms with Crippen molar-refractivity contribution in [2.45, 2.75) is 19.4 Å². The lowest BCUT2D eigenvalue weighted by Gasteiger charge is -2.31. The molecule has 1 aromatic heterocycles. The largest absolute Gasteiger partial charge is 0.374 e. The summed E-state index contributed by atoms with van der Waals surface area (Å²) in [6, 6.07) is 0. The lowest BCUT2D eigenvalue weighted by atomic mass is 10.3. The average molecular weight is 333 g/mol. The number of hydrogen-bond donors (Lipinski definition) is 1. The van der Waals surface area contributed by atoms with Crippen molar-refractivity contribution in [3.63, 3.8) is 0 Å². The van der Waals surface area contributed by atoms with Gasteiger partial charge in [0.1, 0.15) is 0 Å². The second kappa shape index (κ2) is 6.82. The molecule has 0 unspecified atom stereocenters. The maximum Gasteiger partial charge on any atom is 0.226 e. The molecular weight excluding hydrogens is 314 g/mol. The van der Waals surface area contributed by atoms with Gasteiger partial charge in [0, 0.05) is 25.0 Å². The first-order valence-corrected chi connectivity index (χ1v) is 9.32. The third-order valence-corrected chi connectivity index (χ3v) is 5.20. The molecular formula is C12H19N3O4S2. The van der Waals surface area contributed by atoms with Crippen molar-refractivity contribution in [2.24, 2.45) is 0 Å². The first kappa shape index (κ1) is 16.3. The summed E-state index contributed by atoms with van der Waals surface area (Å²) >= 11 is 1.51. The number of sulfonamides is 1. The van der Waals surface area contributed by atoms with Crippen LogP contribution in [0.3, 0.4) is 0 Å². The molecule has 0 spiro atoms. The number of morpholine rings is 1. The molecule has 21 heavy (non-hydrogen) atoms. The number of rotatable bonds is 5. The van der Waals surface area contributed by atoms with Gasteiger partial charge in [0.15, 0.2) is 0 Å². The number of aryl methyl sites for hydroxylation is 1. The van der Waals surface area contributed by atoms with Crippen LogP contribution in [-0.4, -0.2) is 62.2 Å². The molecule has 7 nitrogen and oxygen atoms in total. The summed E-state index contributed by atoms with van der Waals surface area (Å²) < 4.78 is 29.8. The highest BCUT2D eigenvalue weighted by Crippen LogP contribution is 2.10. The average Bonchev–Trinajstić information content (AvgIpc) is 2.81. The van der Waals surface area contributed by atoms with Crippen LogP contribution in [-0.2, 0) is 26.0 Å². The van der Waals surface area contributed by atoms with Crippen LogP contribution in [0.2, 0.25) is 0 Å². The van der Waals surface area contributed by atoms with E-state index in [9.17, 15) is 13.2 Å². The number of aromatic nitrogens is 1. The molecule has 1 saturated heterocycles. The zero-order chi connectivity index (χ0) is 15.5. The smallest absolute Gasteiger partial charge is 0.226 e. The number of hydrogen-bond acceptors (Lipinski definition) is 6. The Bertz CT molecular complexity index is 599. The Hall–Kier alpha value is -1.03. The van der Waals surface area contributed by atoms with Crippen molar-refractivity contribution in [3.8, 4) is 0 Å². The van der Waals surface area contributed by atoms with Gasteiger partial charge in [-0.1, -0.05) is 0 Å². The first-order valence-electron chi connectivity index (χ1n) is 6.59. The third-order valence-electron chi connectivity index (χ3n) is 3.11. The van der Waals surface area contributed by atoms with Crippen LogP contribution in [0.4, 0.5) is 0 Å². The molecule has 1 aromatic rings. The second-order valence-electron chi connectivity index (χ2n) is 4.95.